The molecular weight excluding hydrogens is 138 g/mol. The molecular formula is C9H15NO. The SMILES string of the molecule is CC(C)C1CCC2CON=C21. The maximum atomic E-state index is 5.08. The molecule has 1 aliphatic carbocycles. The molecule has 1 aliphatic heterocycles. The average molecular weight is 153 g/mol. The molecule has 1 saturated carbocycles. The van der Waals surface area contributed by atoms with Crippen LogP contribution in [0.1, 0.15) is 26.7 Å². The second kappa shape index (κ2) is 2.50. The second-order valence-corrected chi connectivity index (χ2v) is 3.94. The van der Waals surface area contributed by atoms with Crippen molar-refractivity contribution in [3.8, 4) is 0 Å². The second-order valence-electron chi connectivity index (χ2n) is 3.94. The molecule has 0 bridgehead atoms. The van der Waals surface area contributed by atoms with Crippen LogP contribution < -0.4 is 0 Å². The molecule has 1 heterocycles. The summed E-state index contributed by atoms with van der Waals surface area (Å²) in [5.41, 5.74) is 1.35. The van der Waals surface area contributed by atoms with Crippen molar-refractivity contribution >= 4 is 5.71 Å². The molecule has 62 valence electrons. The molecule has 2 aliphatic rings. The van der Waals surface area contributed by atoms with Gasteiger partial charge in [-0.3, -0.25) is 0 Å². The number of hydrogen-bond donors (Lipinski definition) is 0. The van der Waals surface area contributed by atoms with Crippen LogP contribution in [-0.2, 0) is 4.84 Å². The molecule has 0 amide bonds. The van der Waals surface area contributed by atoms with Gasteiger partial charge in [-0.2, -0.15) is 0 Å². The molecule has 0 saturated heterocycles. The Morgan fingerprint density at radius 3 is 3.00 bits per heavy atom. The van der Waals surface area contributed by atoms with Crippen LogP contribution in [0, 0.1) is 17.8 Å². The van der Waals surface area contributed by atoms with Crippen LogP contribution in [0.5, 0.6) is 0 Å². The fourth-order valence-corrected chi connectivity index (χ4v) is 2.17. The van der Waals surface area contributed by atoms with Crippen molar-refractivity contribution in [2.45, 2.75) is 26.7 Å². The van der Waals surface area contributed by atoms with Crippen LogP contribution in [0.4, 0.5) is 0 Å². The van der Waals surface area contributed by atoms with Gasteiger partial charge in [-0.25, -0.2) is 0 Å². The quantitative estimate of drug-likeness (QED) is 0.565. The van der Waals surface area contributed by atoms with Crippen LogP contribution in [-0.4, -0.2) is 12.3 Å². The molecule has 1 fully saturated rings. The van der Waals surface area contributed by atoms with Crippen LogP contribution >= 0.6 is 0 Å². The Labute approximate surface area is 67.6 Å². The Balaban J connectivity index is 2.14. The topological polar surface area (TPSA) is 21.6 Å². The van der Waals surface area contributed by atoms with Crippen molar-refractivity contribution in [2.24, 2.45) is 22.9 Å². The molecule has 0 spiro atoms. The Bertz CT molecular complexity index is 186. The summed E-state index contributed by atoms with van der Waals surface area (Å²) in [5, 5.41) is 4.12. The lowest BCUT2D eigenvalue weighted by Crippen LogP contribution is -2.16. The van der Waals surface area contributed by atoms with E-state index < -0.39 is 0 Å². The molecule has 2 unspecified atom stereocenters. The Morgan fingerprint density at radius 1 is 1.45 bits per heavy atom. The van der Waals surface area contributed by atoms with Crippen molar-refractivity contribution < 1.29 is 4.84 Å². The van der Waals surface area contributed by atoms with Gasteiger partial charge in [-0.15, -0.1) is 0 Å². The van der Waals surface area contributed by atoms with Gasteiger partial charge in [-0.05, 0) is 18.8 Å². The van der Waals surface area contributed by atoms with Gasteiger partial charge in [0.2, 0.25) is 0 Å². The Hall–Kier alpha value is -0.530. The lowest BCUT2D eigenvalue weighted by Gasteiger charge is -2.12. The summed E-state index contributed by atoms with van der Waals surface area (Å²) in [6.07, 6.45) is 2.62. The average Bonchev–Trinajstić information content (AvgIpc) is 2.41. The zero-order chi connectivity index (χ0) is 7.84. The third-order valence-electron chi connectivity index (χ3n) is 2.87. The zero-order valence-corrected chi connectivity index (χ0v) is 7.21. The van der Waals surface area contributed by atoms with Gasteiger partial charge >= 0.3 is 0 Å². The van der Waals surface area contributed by atoms with E-state index in [1.54, 1.807) is 0 Å². The molecule has 2 nitrogen and oxygen atoms in total. The summed E-state index contributed by atoms with van der Waals surface area (Å²) >= 11 is 0. The number of hydrogen-bond acceptors (Lipinski definition) is 2. The normalized spacial score (nSPS) is 35.4. The predicted molar refractivity (Wildman–Crippen MR) is 44.4 cm³/mol. The van der Waals surface area contributed by atoms with Crippen LogP contribution in [0.3, 0.4) is 0 Å². The minimum Gasteiger partial charge on any atom is -0.395 e. The summed E-state index contributed by atoms with van der Waals surface area (Å²) in [4.78, 5) is 5.08. The summed E-state index contributed by atoms with van der Waals surface area (Å²) in [6, 6.07) is 0. The number of oxime groups is 1. The Morgan fingerprint density at radius 2 is 2.27 bits per heavy atom. The van der Waals surface area contributed by atoms with E-state index in [0.29, 0.717) is 11.8 Å². The fourth-order valence-electron chi connectivity index (χ4n) is 2.17. The van der Waals surface area contributed by atoms with E-state index in [4.69, 9.17) is 4.84 Å². The largest absolute Gasteiger partial charge is 0.395 e. The maximum Gasteiger partial charge on any atom is 0.125 e. The third kappa shape index (κ3) is 1.05. The lowest BCUT2D eigenvalue weighted by atomic mass is 9.92. The minimum atomic E-state index is 0.669. The van der Waals surface area contributed by atoms with E-state index in [1.165, 1.54) is 18.6 Å². The van der Waals surface area contributed by atoms with Crippen molar-refractivity contribution in [2.75, 3.05) is 6.61 Å². The van der Waals surface area contributed by atoms with Gasteiger partial charge < -0.3 is 4.84 Å². The first kappa shape index (κ1) is 7.14. The van der Waals surface area contributed by atoms with E-state index in [2.05, 4.69) is 19.0 Å². The molecule has 0 aromatic heterocycles. The van der Waals surface area contributed by atoms with Gasteiger partial charge in [0.1, 0.15) is 6.61 Å². The zero-order valence-electron chi connectivity index (χ0n) is 7.21. The van der Waals surface area contributed by atoms with E-state index in [9.17, 15) is 0 Å². The smallest absolute Gasteiger partial charge is 0.125 e. The molecule has 2 atom stereocenters. The molecule has 0 N–H and O–H groups in total. The summed E-state index contributed by atoms with van der Waals surface area (Å²) in [7, 11) is 0. The highest BCUT2D eigenvalue weighted by atomic mass is 16.6. The van der Waals surface area contributed by atoms with Gasteiger partial charge in [0.25, 0.3) is 0 Å². The number of fused-ring (bicyclic) bond motifs is 1. The van der Waals surface area contributed by atoms with Crippen molar-refractivity contribution in [3.63, 3.8) is 0 Å². The lowest BCUT2D eigenvalue weighted by molar-refractivity contribution is 0.150. The predicted octanol–water partition coefficient (Wildman–Crippen LogP) is 2.05. The van der Waals surface area contributed by atoms with Crippen molar-refractivity contribution in [3.05, 3.63) is 0 Å². The van der Waals surface area contributed by atoms with Crippen LogP contribution in [0.15, 0.2) is 5.16 Å². The molecule has 11 heavy (non-hydrogen) atoms. The highest BCUT2D eigenvalue weighted by Crippen LogP contribution is 2.36. The van der Waals surface area contributed by atoms with E-state index >= 15 is 0 Å². The molecule has 0 aromatic carbocycles. The van der Waals surface area contributed by atoms with Gasteiger partial charge in [0, 0.05) is 11.8 Å². The van der Waals surface area contributed by atoms with Gasteiger partial charge in [-0.1, -0.05) is 19.0 Å². The molecule has 0 radical (unpaired) electrons. The van der Waals surface area contributed by atoms with E-state index in [1.807, 2.05) is 0 Å². The Kier molecular flexibility index (Phi) is 1.63. The number of rotatable bonds is 1. The molecule has 0 aromatic rings. The summed E-state index contributed by atoms with van der Waals surface area (Å²) in [6.45, 7) is 5.39. The number of nitrogens with zero attached hydrogens (tertiary/aromatic N) is 1. The minimum absolute atomic E-state index is 0.669. The van der Waals surface area contributed by atoms with Gasteiger partial charge in [0.15, 0.2) is 0 Å². The fraction of sp³-hybridized carbons (Fsp3) is 0.889. The van der Waals surface area contributed by atoms with Crippen molar-refractivity contribution in [1.29, 1.82) is 0 Å². The highest BCUT2D eigenvalue weighted by molar-refractivity contribution is 5.91. The van der Waals surface area contributed by atoms with E-state index in [-0.39, 0.29) is 0 Å². The van der Waals surface area contributed by atoms with E-state index in [0.717, 1.165) is 12.5 Å². The first-order chi connectivity index (χ1) is 5.29. The molecule has 2 heteroatoms. The first-order valence-corrected chi connectivity index (χ1v) is 4.48. The highest BCUT2D eigenvalue weighted by Gasteiger charge is 2.37. The summed E-state index contributed by atoms with van der Waals surface area (Å²) < 4.78 is 0. The maximum absolute atomic E-state index is 5.08. The third-order valence-corrected chi connectivity index (χ3v) is 2.87. The summed E-state index contributed by atoms with van der Waals surface area (Å²) in [5.74, 6) is 2.12. The standard InChI is InChI=1S/C9H15NO/c1-6(2)8-4-3-7-5-11-10-9(7)8/h6-8H,3-5H2,1-2H3. The van der Waals surface area contributed by atoms with Crippen molar-refractivity contribution in [1.82, 2.24) is 0 Å². The van der Waals surface area contributed by atoms with Crippen LogP contribution in [0.2, 0.25) is 0 Å². The monoisotopic (exact) mass is 153 g/mol. The van der Waals surface area contributed by atoms with Crippen LogP contribution in [0.25, 0.3) is 0 Å². The van der Waals surface area contributed by atoms with Gasteiger partial charge in [0.05, 0.1) is 5.71 Å². The molecule has 2 rings (SSSR count). The first-order valence-electron chi connectivity index (χ1n) is 4.48.